The molecule has 0 radical (unpaired) electrons. The first kappa shape index (κ1) is 9.11. The molecule has 1 aromatic rings. The maximum atomic E-state index is 5.94. The minimum Gasteiger partial charge on any atom is -0.457 e. The van der Waals surface area contributed by atoms with Gasteiger partial charge in [0.25, 0.3) is 5.95 Å². The van der Waals surface area contributed by atoms with Crippen molar-refractivity contribution in [1.29, 1.82) is 0 Å². The fraction of sp³-hybridized carbons (Fsp3) is 0.200. The first-order chi connectivity index (χ1) is 8.29. The van der Waals surface area contributed by atoms with Crippen molar-refractivity contribution in [1.82, 2.24) is 0 Å². The molecule has 2 unspecified atom stereocenters. The molecule has 2 bridgehead atoms. The Labute approximate surface area is 99.9 Å². The second-order valence-electron chi connectivity index (χ2n) is 4.64. The fourth-order valence-corrected chi connectivity index (χ4v) is 2.82. The topological polar surface area (TPSA) is 18.5 Å². The highest BCUT2D eigenvalue weighted by molar-refractivity contribution is 5.87. The smallest absolute Gasteiger partial charge is 0.280 e. The van der Waals surface area contributed by atoms with E-state index in [-0.39, 0.29) is 6.10 Å². The van der Waals surface area contributed by atoms with E-state index in [2.05, 4.69) is 49.4 Å². The van der Waals surface area contributed by atoms with Crippen LogP contribution in [-0.2, 0) is 9.47 Å². The van der Waals surface area contributed by atoms with E-state index in [0.29, 0.717) is 5.95 Å². The molecule has 3 aliphatic rings. The standard InChI is InChI=1S/C15H12O2/c1-10-15-9-8-11-4-2-3-5-12(11)13(15)6-7-14(16-10)17-15/h2-10H,1H3. The average molecular weight is 224 g/mol. The minimum absolute atomic E-state index is 0.0205. The molecular weight excluding hydrogens is 212 g/mol. The summed E-state index contributed by atoms with van der Waals surface area (Å²) in [7, 11) is 0. The van der Waals surface area contributed by atoms with Crippen LogP contribution in [0.4, 0.5) is 0 Å². The molecule has 2 heteroatoms. The van der Waals surface area contributed by atoms with Crippen LogP contribution in [0.5, 0.6) is 0 Å². The van der Waals surface area contributed by atoms with Crippen molar-refractivity contribution in [2.45, 2.75) is 18.6 Å². The first-order valence-corrected chi connectivity index (χ1v) is 5.86. The summed E-state index contributed by atoms with van der Waals surface area (Å²) < 4.78 is 11.6. The predicted octanol–water partition coefficient (Wildman–Crippen LogP) is 3.13. The third-order valence-corrected chi connectivity index (χ3v) is 3.73. The Kier molecular flexibility index (Phi) is 1.52. The van der Waals surface area contributed by atoms with Gasteiger partial charge < -0.3 is 9.47 Å². The zero-order valence-corrected chi connectivity index (χ0v) is 9.51. The molecule has 1 aliphatic carbocycles. The largest absolute Gasteiger partial charge is 0.457 e. The molecule has 1 fully saturated rings. The lowest BCUT2D eigenvalue weighted by atomic mass is 9.77. The molecule has 17 heavy (non-hydrogen) atoms. The molecule has 1 aromatic carbocycles. The van der Waals surface area contributed by atoms with Gasteiger partial charge in [0.1, 0.15) is 6.10 Å². The molecule has 0 saturated carbocycles. The lowest BCUT2D eigenvalue weighted by Gasteiger charge is -2.34. The fourth-order valence-electron chi connectivity index (χ4n) is 2.82. The molecule has 0 amide bonds. The highest BCUT2D eigenvalue weighted by atomic mass is 16.7. The van der Waals surface area contributed by atoms with Crippen molar-refractivity contribution >= 4 is 11.6 Å². The van der Waals surface area contributed by atoms with Gasteiger partial charge in [-0.25, -0.2) is 0 Å². The van der Waals surface area contributed by atoms with Crippen LogP contribution < -0.4 is 0 Å². The van der Waals surface area contributed by atoms with Gasteiger partial charge in [0.05, 0.1) is 0 Å². The van der Waals surface area contributed by atoms with E-state index in [9.17, 15) is 0 Å². The van der Waals surface area contributed by atoms with Gasteiger partial charge in [0.2, 0.25) is 0 Å². The highest BCUT2D eigenvalue weighted by Crippen LogP contribution is 2.49. The van der Waals surface area contributed by atoms with Crippen LogP contribution in [0.15, 0.2) is 48.4 Å². The summed E-state index contributed by atoms with van der Waals surface area (Å²) >= 11 is 0. The molecule has 0 aromatic heterocycles. The molecule has 2 nitrogen and oxygen atoms in total. The van der Waals surface area contributed by atoms with Crippen LogP contribution in [0.1, 0.15) is 18.1 Å². The van der Waals surface area contributed by atoms with Gasteiger partial charge in [-0.2, -0.15) is 0 Å². The van der Waals surface area contributed by atoms with Crippen molar-refractivity contribution in [2.24, 2.45) is 0 Å². The Morgan fingerprint density at radius 2 is 2.06 bits per heavy atom. The lowest BCUT2D eigenvalue weighted by molar-refractivity contribution is 0.126. The van der Waals surface area contributed by atoms with E-state index in [0.717, 1.165) is 0 Å². The summed E-state index contributed by atoms with van der Waals surface area (Å²) in [6.07, 6.45) is 8.29. The second-order valence-corrected chi connectivity index (χ2v) is 4.64. The van der Waals surface area contributed by atoms with Gasteiger partial charge in [-0.3, -0.25) is 0 Å². The van der Waals surface area contributed by atoms with Crippen molar-refractivity contribution in [3.05, 3.63) is 59.6 Å². The van der Waals surface area contributed by atoms with Crippen molar-refractivity contribution in [2.75, 3.05) is 0 Å². The molecular formula is C15H12O2. The van der Waals surface area contributed by atoms with Gasteiger partial charge in [0, 0.05) is 11.6 Å². The van der Waals surface area contributed by atoms with Crippen molar-refractivity contribution < 1.29 is 9.47 Å². The normalized spacial score (nSPS) is 31.7. The Balaban J connectivity index is 2.01. The van der Waals surface area contributed by atoms with E-state index in [1.165, 1.54) is 16.7 Å². The summed E-state index contributed by atoms with van der Waals surface area (Å²) in [6.45, 7) is 2.05. The SMILES string of the molecule is CC1OC2=CC=C3c4ccccc4C=CC31O2. The third kappa shape index (κ3) is 1.00. The number of rotatable bonds is 0. The van der Waals surface area contributed by atoms with Crippen LogP contribution in [-0.4, -0.2) is 11.7 Å². The Morgan fingerprint density at radius 1 is 1.18 bits per heavy atom. The van der Waals surface area contributed by atoms with E-state index in [1.807, 2.05) is 6.08 Å². The maximum Gasteiger partial charge on any atom is 0.280 e. The number of hydrogen-bond donors (Lipinski definition) is 0. The number of hydrogen-bond acceptors (Lipinski definition) is 2. The monoisotopic (exact) mass is 224 g/mol. The van der Waals surface area contributed by atoms with Crippen LogP contribution in [0.2, 0.25) is 0 Å². The average Bonchev–Trinajstić information content (AvgIpc) is 2.60. The number of fused-ring (bicyclic) bond motifs is 3. The van der Waals surface area contributed by atoms with Gasteiger partial charge in [-0.1, -0.05) is 30.3 Å². The summed E-state index contributed by atoms with van der Waals surface area (Å²) in [4.78, 5) is 0. The van der Waals surface area contributed by atoms with E-state index in [1.54, 1.807) is 0 Å². The molecule has 0 N–H and O–H groups in total. The summed E-state index contributed by atoms with van der Waals surface area (Å²) in [5, 5.41) is 0. The number of benzene rings is 1. The van der Waals surface area contributed by atoms with Crippen LogP contribution in [0.25, 0.3) is 11.6 Å². The summed E-state index contributed by atoms with van der Waals surface area (Å²) in [6, 6.07) is 8.38. The van der Waals surface area contributed by atoms with E-state index in [4.69, 9.17) is 9.47 Å². The molecule has 2 aliphatic heterocycles. The molecule has 1 spiro atoms. The number of allylic oxidation sites excluding steroid dienone is 2. The van der Waals surface area contributed by atoms with E-state index < -0.39 is 5.60 Å². The summed E-state index contributed by atoms with van der Waals surface area (Å²) in [5.74, 6) is 0.630. The van der Waals surface area contributed by atoms with Gasteiger partial charge in [-0.05, 0) is 30.2 Å². The van der Waals surface area contributed by atoms with E-state index >= 15 is 0 Å². The molecule has 84 valence electrons. The Morgan fingerprint density at radius 3 is 3.00 bits per heavy atom. The van der Waals surface area contributed by atoms with Gasteiger partial charge in [0.15, 0.2) is 5.60 Å². The third-order valence-electron chi connectivity index (χ3n) is 3.73. The Hall–Kier alpha value is -1.96. The van der Waals surface area contributed by atoms with Crippen LogP contribution in [0.3, 0.4) is 0 Å². The van der Waals surface area contributed by atoms with Crippen molar-refractivity contribution in [3.63, 3.8) is 0 Å². The zero-order valence-electron chi connectivity index (χ0n) is 9.51. The van der Waals surface area contributed by atoms with Crippen LogP contribution in [0, 0.1) is 0 Å². The van der Waals surface area contributed by atoms with Crippen LogP contribution >= 0.6 is 0 Å². The van der Waals surface area contributed by atoms with Crippen molar-refractivity contribution in [3.8, 4) is 0 Å². The lowest BCUT2D eigenvalue weighted by Crippen LogP contribution is -2.39. The quantitative estimate of drug-likeness (QED) is 0.674. The maximum absolute atomic E-state index is 5.94. The van der Waals surface area contributed by atoms with Gasteiger partial charge in [-0.15, -0.1) is 0 Å². The molecule has 4 rings (SSSR count). The minimum atomic E-state index is -0.418. The second kappa shape index (κ2) is 2.83. The highest BCUT2D eigenvalue weighted by Gasteiger charge is 2.51. The Bertz CT molecular complexity index is 595. The van der Waals surface area contributed by atoms with Gasteiger partial charge >= 0.3 is 0 Å². The zero-order chi connectivity index (χ0) is 11.5. The molecule has 1 saturated heterocycles. The molecule has 2 heterocycles. The first-order valence-electron chi connectivity index (χ1n) is 5.86. The number of ether oxygens (including phenoxy) is 2. The molecule has 2 atom stereocenters. The predicted molar refractivity (Wildman–Crippen MR) is 65.9 cm³/mol. The summed E-state index contributed by atoms with van der Waals surface area (Å²) in [5.41, 5.74) is 3.26.